The summed E-state index contributed by atoms with van der Waals surface area (Å²) in [4.78, 5) is 8.58. The molecule has 3 aromatic rings. The molecule has 0 saturated carbocycles. The molecular formula is C16H13N3OS. The van der Waals surface area contributed by atoms with E-state index in [0.29, 0.717) is 0 Å². The van der Waals surface area contributed by atoms with Gasteiger partial charge in [0, 0.05) is 34.5 Å². The molecule has 5 heteroatoms. The molecule has 21 heavy (non-hydrogen) atoms. The van der Waals surface area contributed by atoms with Gasteiger partial charge in [0.15, 0.2) is 0 Å². The maximum Gasteiger partial charge on any atom is 0.141 e. The lowest BCUT2D eigenvalue weighted by molar-refractivity contribution is 0.393. The van der Waals surface area contributed by atoms with Gasteiger partial charge < -0.3 is 4.52 Å². The third-order valence-electron chi connectivity index (χ3n) is 3.01. The van der Waals surface area contributed by atoms with E-state index in [-0.39, 0.29) is 0 Å². The van der Waals surface area contributed by atoms with Gasteiger partial charge >= 0.3 is 0 Å². The standard InChI is InChI=1S/C16H13N3OS/c1-10-16(11(2)20-19-10)14-6-13(7-17-8-14)4-5-15-9-21-12(3)18-15/h6-9H,1-3H3. The molecule has 0 aliphatic heterocycles. The van der Waals surface area contributed by atoms with Gasteiger partial charge in [-0.2, -0.15) is 0 Å². The van der Waals surface area contributed by atoms with Crippen molar-refractivity contribution in [3.8, 4) is 23.0 Å². The third-order valence-corrected chi connectivity index (χ3v) is 3.79. The number of thiazole rings is 1. The van der Waals surface area contributed by atoms with E-state index >= 15 is 0 Å². The van der Waals surface area contributed by atoms with E-state index in [4.69, 9.17) is 4.52 Å². The van der Waals surface area contributed by atoms with Crippen LogP contribution in [0.5, 0.6) is 0 Å². The Kier molecular flexibility index (Phi) is 3.55. The minimum Gasteiger partial charge on any atom is -0.361 e. The van der Waals surface area contributed by atoms with Crippen LogP contribution in [0.3, 0.4) is 0 Å². The zero-order chi connectivity index (χ0) is 14.8. The Hall–Kier alpha value is -2.45. The van der Waals surface area contributed by atoms with Crippen molar-refractivity contribution < 1.29 is 4.52 Å². The van der Waals surface area contributed by atoms with Crippen LogP contribution in [0.25, 0.3) is 11.1 Å². The molecule has 3 aromatic heterocycles. The Morgan fingerprint density at radius 3 is 2.67 bits per heavy atom. The summed E-state index contributed by atoms with van der Waals surface area (Å²) in [5.74, 6) is 6.94. The van der Waals surface area contributed by atoms with Crippen LogP contribution in [0.4, 0.5) is 0 Å². The van der Waals surface area contributed by atoms with Crippen LogP contribution in [0, 0.1) is 32.6 Å². The van der Waals surface area contributed by atoms with Gasteiger partial charge in [-0.05, 0) is 32.8 Å². The highest BCUT2D eigenvalue weighted by atomic mass is 32.1. The number of aryl methyl sites for hydroxylation is 3. The van der Waals surface area contributed by atoms with Crippen molar-refractivity contribution in [1.82, 2.24) is 15.1 Å². The molecule has 0 unspecified atom stereocenters. The van der Waals surface area contributed by atoms with E-state index in [1.54, 1.807) is 23.7 Å². The molecule has 0 spiro atoms. The predicted octanol–water partition coefficient (Wildman–Crippen LogP) is 3.52. The Balaban J connectivity index is 1.96. The molecule has 0 atom stereocenters. The molecule has 0 aromatic carbocycles. The average Bonchev–Trinajstić information content (AvgIpc) is 3.03. The number of hydrogen-bond acceptors (Lipinski definition) is 5. The molecule has 0 bridgehead atoms. The SMILES string of the molecule is Cc1nc(C#Cc2cncc(-c3c(C)noc3C)c2)cs1. The fraction of sp³-hybridized carbons (Fsp3) is 0.188. The van der Waals surface area contributed by atoms with Gasteiger partial charge in [-0.25, -0.2) is 4.98 Å². The summed E-state index contributed by atoms with van der Waals surface area (Å²) in [6.07, 6.45) is 3.54. The summed E-state index contributed by atoms with van der Waals surface area (Å²) in [5, 5.41) is 6.94. The molecule has 3 rings (SSSR count). The molecule has 4 nitrogen and oxygen atoms in total. The fourth-order valence-corrected chi connectivity index (χ4v) is 2.64. The molecule has 0 N–H and O–H groups in total. The van der Waals surface area contributed by atoms with Crippen LogP contribution in [0.2, 0.25) is 0 Å². The van der Waals surface area contributed by atoms with E-state index in [9.17, 15) is 0 Å². The summed E-state index contributed by atoms with van der Waals surface area (Å²) in [7, 11) is 0. The van der Waals surface area contributed by atoms with Gasteiger partial charge in [0.1, 0.15) is 11.5 Å². The van der Waals surface area contributed by atoms with E-state index < -0.39 is 0 Å². The molecule has 0 amide bonds. The Morgan fingerprint density at radius 2 is 2.00 bits per heavy atom. The molecule has 104 valence electrons. The first-order valence-corrected chi connectivity index (χ1v) is 7.34. The highest BCUT2D eigenvalue weighted by Crippen LogP contribution is 2.26. The van der Waals surface area contributed by atoms with Crippen molar-refractivity contribution in [2.24, 2.45) is 0 Å². The van der Waals surface area contributed by atoms with Gasteiger partial charge in [-0.3, -0.25) is 4.98 Å². The van der Waals surface area contributed by atoms with Crippen LogP contribution in [-0.2, 0) is 0 Å². The molecule has 0 fully saturated rings. The van der Waals surface area contributed by atoms with Crippen molar-refractivity contribution >= 4 is 11.3 Å². The highest BCUT2D eigenvalue weighted by molar-refractivity contribution is 7.09. The zero-order valence-corrected chi connectivity index (χ0v) is 12.8. The summed E-state index contributed by atoms with van der Waals surface area (Å²) in [5.41, 5.74) is 4.44. The largest absolute Gasteiger partial charge is 0.361 e. The number of pyridine rings is 1. The number of rotatable bonds is 1. The first kappa shape index (κ1) is 13.5. The molecule has 0 saturated heterocycles. The van der Waals surface area contributed by atoms with Crippen molar-refractivity contribution in [3.63, 3.8) is 0 Å². The summed E-state index contributed by atoms with van der Waals surface area (Å²) in [6, 6.07) is 1.99. The van der Waals surface area contributed by atoms with Crippen LogP contribution < -0.4 is 0 Å². The van der Waals surface area contributed by atoms with Crippen molar-refractivity contribution in [3.05, 3.63) is 51.6 Å². The van der Waals surface area contributed by atoms with Gasteiger partial charge in [-0.1, -0.05) is 11.1 Å². The van der Waals surface area contributed by atoms with Gasteiger partial charge in [0.05, 0.1) is 10.7 Å². The molecule has 0 aliphatic rings. The topological polar surface area (TPSA) is 51.8 Å². The van der Waals surface area contributed by atoms with Crippen molar-refractivity contribution in [2.75, 3.05) is 0 Å². The fourth-order valence-electron chi connectivity index (χ4n) is 2.10. The van der Waals surface area contributed by atoms with Gasteiger partial charge in [-0.15, -0.1) is 11.3 Å². The normalized spacial score (nSPS) is 10.2. The Morgan fingerprint density at radius 1 is 1.14 bits per heavy atom. The molecular weight excluding hydrogens is 282 g/mol. The second-order valence-electron chi connectivity index (χ2n) is 4.66. The second-order valence-corrected chi connectivity index (χ2v) is 5.73. The van der Waals surface area contributed by atoms with Crippen LogP contribution >= 0.6 is 11.3 Å². The first-order chi connectivity index (χ1) is 10.1. The second kappa shape index (κ2) is 5.51. The molecule has 0 aliphatic carbocycles. The predicted molar refractivity (Wildman–Crippen MR) is 82.0 cm³/mol. The van der Waals surface area contributed by atoms with Crippen molar-refractivity contribution in [2.45, 2.75) is 20.8 Å². The quantitative estimate of drug-likeness (QED) is 0.645. The maximum absolute atomic E-state index is 5.20. The summed E-state index contributed by atoms with van der Waals surface area (Å²) < 4.78 is 5.20. The van der Waals surface area contributed by atoms with E-state index in [1.807, 2.05) is 32.2 Å². The average molecular weight is 295 g/mol. The van der Waals surface area contributed by atoms with Crippen molar-refractivity contribution in [1.29, 1.82) is 0 Å². The smallest absolute Gasteiger partial charge is 0.141 e. The Labute approximate surface area is 126 Å². The maximum atomic E-state index is 5.20. The molecule has 3 heterocycles. The number of aromatic nitrogens is 3. The lowest BCUT2D eigenvalue weighted by atomic mass is 10.0. The minimum atomic E-state index is 0.787. The lowest BCUT2D eigenvalue weighted by Crippen LogP contribution is -1.86. The van der Waals surface area contributed by atoms with Crippen LogP contribution in [0.1, 0.15) is 27.7 Å². The zero-order valence-electron chi connectivity index (χ0n) is 12.0. The van der Waals surface area contributed by atoms with Gasteiger partial charge in [0.25, 0.3) is 0 Å². The monoisotopic (exact) mass is 295 g/mol. The number of hydrogen-bond donors (Lipinski definition) is 0. The van der Waals surface area contributed by atoms with Gasteiger partial charge in [0.2, 0.25) is 0 Å². The van der Waals surface area contributed by atoms with E-state index in [2.05, 4.69) is 27.0 Å². The van der Waals surface area contributed by atoms with E-state index in [1.165, 1.54) is 0 Å². The first-order valence-electron chi connectivity index (χ1n) is 6.46. The number of nitrogens with zero attached hydrogens (tertiary/aromatic N) is 3. The highest BCUT2D eigenvalue weighted by Gasteiger charge is 2.11. The third kappa shape index (κ3) is 2.86. The van der Waals surface area contributed by atoms with Crippen LogP contribution in [0.15, 0.2) is 28.4 Å². The van der Waals surface area contributed by atoms with Crippen LogP contribution in [-0.4, -0.2) is 15.1 Å². The Bertz CT molecular complexity index is 832. The lowest BCUT2D eigenvalue weighted by Gasteiger charge is -1.99. The molecule has 0 radical (unpaired) electrons. The van der Waals surface area contributed by atoms with E-state index in [0.717, 1.165) is 38.8 Å². The summed E-state index contributed by atoms with van der Waals surface area (Å²) >= 11 is 1.59. The summed E-state index contributed by atoms with van der Waals surface area (Å²) in [6.45, 7) is 5.78. The minimum absolute atomic E-state index is 0.787.